The van der Waals surface area contributed by atoms with Crippen molar-refractivity contribution in [3.05, 3.63) is 99.8 Å². The lowest BCUT2D eigenvalue weighted by Crippen LogP contribution is -2.35. The molecule has 0 amide bonds. The van der Waals surface area contributed by atoms with Crippen LogP contribution in [0.2, 0.25) is 5.02 Å². The van der Waals surface area contributed by atoms with E-state index in [-0.39, 0.29) is 25.5 Å². The molecule has 0 atom stereocenters. The molecule has 0 aliphatic carbocycles. The predicted octanol–water partition coefficient (Wildman–Crippen LogP) is 7.08. The van der Waals surface area contributed by atoms with E-state index in [9.17, 15) is 18.2 Å². The molecule has 4 aromatic rings. The van der Waals surface area contributed by atoms with Crippen LogP contribution in [0.4, 0.5) is 0 Å². The average Bonchev–Trinajstić information content (AvgIpc) is 3.16. The third kappa shape index (κ3) is 10.8. The number of hydrogen-bond donors (Lipinski definition) is 1. The van der Waals surface area contributed by atoms with Crippen LogP contribution < -0.4 is 18.9 Å². The summed E-state index contributed by atoms with van der Waals surface area (Å²) in [6.07, 6.45) is 7.61. The normalized spacial score (nSPS) is 14.5. The van der Waals surface area contributed by atoms with E-state index in [0.717, 1.165) is 65.4 Å². The minimum atomic E-state index is -4.17. The zero-order valence-electron chi connectivity index (χ0n) is 29.9. The zero-order chi connectivity index (χ0) is 37.2. The van der Waals surface area contributed by atoms with E-state index >= 15 is 0 Å². The summed E-state index contributed by atoms with van der Waals surface area (Å²) in [6.45, 7) is 7.63. The van der Waals surface area contributed by atoms with Crippen LogP contribution in [0.15, 0.2) is 67.0 Å². The summed E-state index contributed by atoms with van der Waals surface area (Å²) in [4.78, 5) is 8.60. The molecule has 1 fully saturated rings. The second-order valence-electron chi connectivity index (χ2n) is 13.4. The lowest BCUT2D eigenvalue weighted by atomic mass is 9.96. The molecule has 1 saturated heterocycles. The molecular weight excluding hydrogens is 716 g/mol. The van der Waals surface area contributed by atoms with Gasteiger partial charge in [-0.2, -0.15) is 13.7 Å². The molecular formula is C40H45ClN4O7S. The van der Waals surface area contributed by atoms with E-state index in [4.69, 9.17) is 30.5 Å². The molecule has 53 heavy (non-hydrogen) atoms. The fourth-order valence-electron chi connectivity index (χ4n) is 6.71. The van der Waals surface area contributed by atoms with Gasteiger partial charge in [-0.05, 0) is 98.9 Å². The summed E-state index contributed by atoms with van der Waals surface area (Å²) in [7, 11) is -4.17. The van der Waals surface area contributed by atoms with Crippen LogP contribution in [0, 0.1) is 18.3 Å². The number of pyridine rings is 1. The molecule has 0 bridgehead atoms. The van der Waals surface area contributed by atoms with Gasteiger partial charge in [0, 0.05) is 42.7 Å². The number of aromatic nitrogens is 1. The van der Waals surface area contributed by atoms with Gasteiger partial charge in [0.25, 0.3) is 10.1 Å². The topological polar surface area (TPSA) is 134 Å². The fraction of sp³-hybridized carbons (Fsp3) is 0.400. The summed E-state index contributed by atoms with van der Waals surface area (Å²) in [6, 6.07) is 19.4. The molecule has 1 N–H and O–H groups in total. The summed E-state index contributed by atoms with van der Waals surface area (Å²) < 4.78 is 57.4. The molecule has 3 heterocycles. The third-order valence-corrected chi connectivity index (χ3v) is 10.6. The minimum Gasteiger partial charge on any atom is -0.488 e. The molecule has 0 saturated carbocycles. The van der Waals surface area contributed by atoms with Crippen LogP contribution in [0.3, 0.4) is 0 Å². The molecule has 280 valence electrons. The van der Waals surface area contributed by atoms with Gasteiger partial charge in [0.15, 0.2) is 11.5 Å². The first-order valence-corrected chi connectivity index (χ1v) is 19.9. The monoisotopic (exact) mass is 760 g/mol. The Balaban J connectivity index is 1.23. The van der Waals surface area contributed by atoms with Gasteiger partial charge in [0.05, 0.1) is 16.3 Å². The number of benzene rings is 3. The number of nitriles is 1. The van der Waals surface area contributed by atoms with Gasteiger partial charge < -0.3 is 23.8 Å². The van der Waals surface area contributed by atoms with Crippen molar-refractivity contribution in [1.82, 2.24) is 14.8 Å². The van der Waals surface area contributed by atoms with Gasteiger partial charge in [-0.1, -0.05) is 42.3 Å². The van der Waals surface area contributed by atoms with Crippen LogP contribution >= 0.6 is 11.6 Å². The predicted molar refractivity (Wildman–Crippen MR) is 203 cm³/mol. The Labute approximate surface area is 316 Å². The van der Waals surface area contributed by atoms with Gasteiger partial charge in [0.1, 0.15) is 44.0 Å². The maximum absolute atomic E-state index is 11.8. The molecule has 3 aromatic carbocycles. The highest BCUT2D eigenvalue weighted by Gasteiger charge is 2.19. The molecule has 0 radical (unpaired) electrons. The Morgan fingerprint density at radius 1 is 0.943 bits per heavy atom. The maximum Gasteiger partial charge on any atom is 0.266 e. The van der Waals surface area contributed by atoms with Crippen LogP contribution in [0.25, 0.3) is 11.1 Å². The minimum absolute atomic E-state index is 0.132. The smallest absolute Gasteiger partial charge is 0.266 e. The molecule has 0 unspecified atom stereocenters. The number of likely N-dealkylation sites (tertiary alicyclic amines) is 1. The van der Waals surface area contributed by atoms with Crippen LogP contribution in [-0.2, 0) is 29.9 Å². The van der Waals surface area contributed by atoms with E-state index in [1.807, 2.05) is 35.2 Å². The molecule has 2 aliphatic heterocycles. The highest BCUT2D eigenvalue weighted by molar-refractivity contribution is 7.85. The number of nitrogens with zero attached hydrogens (tertiary/aromatic N) is 4. The van der Waals surface area contributed by atoms with E-state index in [2.05, 4.69) is 28.9 Å². The highest BCUT2D eigenvalue weighted by Crippen LogP contribution is 2.38. The van der Waals surface area contributed by atoms with Gasteiger partial charge in [-0.3, -0.25) is 14.4 Å². The first-order chi connectivity index (χ1) is 25.6. The molecule has 6 rings (SSSR count). The van der Waals surface area contributed by atoms with Gasteiger partial charge in [-0.25, -0.2) is 0 Å². The second-order valence-corrected chi connectivity index (χ2v) is 15.4. The van der Waals surface area contributed by atoms with Crippen molar-refractivity contribution >= 4 is 21.7 Å². The molecule has 11 nitrogen and oxygen atoms in total. The Morgan fingerprint density at radius 3 is 2.53 bits per heavy atom. The fourth-order valence-corrected chi connectivity index (χ4v) is 7.44. The first kappa shape index (κ1) is 38.3. The first-order valence-electron chi connectivity index (χ1n) is 18.0. The average molecular weight is 761 g/mol. The van der Waals surface area contributed by atoms with Crippen molar-refractivity contribution in [2.24, 2.45) is 0 Å². The number of ether oxygens (including phenoxy) is 4. The van der Waals surface area contributed by atoms with E-state index in [1.165, 1.54) is 25.5 Å². The van der Waals surface area contributed by atoms with Gasteiger partial charge >= 0.3 is 0 Å². The third-order valence-electron chi connectivity index (χ3n) is 9.57. The Kier molecular flexibility index (Phi) is 13.1. The van der Waals surface area contributed by atoms with Crippen LogP contribution in [0.5, 0.6) is 23.0 Å². The van der Waals surface area contributed by atoms with Crippen LogP contribution in [-0.4, -0.2) is 79.4 Å². The second kappa shape index (κ2) is 18.1. The van der Waals surface area contributed by atoms with E-state index in [0.29, 0.717) is 54.0 Å². The van der Waals surface area contributed by atoms with Crippen molar-refractivity contribution < 1.29 is 31.9 Å². The van der Waals surface area contributed by atoms with Gasteiger partial charge in [0.2, 0.25) is 0 Å². The summed E-state index contributed by atoms with van der Waals surface area (Å²) >= 11 is 6.88. The quantitative estimate of drug-likeness (QED) is 0.118. The number of fused-ring (bicyclic) bond motifs is 1. The Hall–Kier alpha value is -4.38. The van der Waals surface area contributed by atoms with Gasteiger partial charge in [-0.15, -0.1) is 0 Å². The summed E-state index contributed by atoms with van der Waals surface area (Å²) in [5.41, 5.74) is 5.95. The van der Waals surface area contributed by atoms with Crippen molar-refractivity contribution in [1.29, 1.82) is 5.26 Å². The number of piperidine rings is 1. The molecule has 2 aliphatic rings. The van der Waals surface area contributed by atoms with Crippen molar-refractivity contribution in [2.75, 3.05) is 51.7 Å². The Bertz CT molecular complexity index is 2030. The summed E-state index contributed by atoms with van der Waals surface area (Å²) in [5, 5.41) is 9.76. The van der Waals surface area contributed by atoms with Crippen molar-refractivity contribution in [2.45, 2.75) is 52.4 Å². The zero-order valence-corrected chi connectivity index (χ0v) is 31.5. The summed E-state index contributed by atoms with van der Waals surface area (Å²) in [5.74, 6) is 2.00. The SMILES string of the molecule is Cc1c(COc2cc(OCc3cncc(C#N)c3)c(CN(CCCN3CCCCC3)CCS(=O)(=O)O)cc2Cl)cccc1-c1ccc2c(c1)OCCO2. The highest BCUT2D eigenvalue weighted by atomic mass is 35.5. The van der Waals surface area contributed by atoms with Crippen molar-refractivity contribution in [3.8, 4) is 40.2 Å². The van der Waals surface area contributed by atoms with Crippen LogP contribution in [0.1, 0.15) is 53.5 Å². The lowest BCUT2D eigenvalue weighted by Gasteiger charge is -2.28. The van der Waals surface area contributed by atoms with E-state index < -0.39 is 10.1 Å². The number of hydrogen-bond acceptors (Lipinski definition) is 10. The molecule has 0 spiro atoms. The lowest BCUT2D eigenvalue weighted by molar-refractivity contribution is 0.171. The number of rotatable bonds is 16. The number of halogens is 1. The van der Waals surface area contributed by atoms with E-state index in [1.54, 1.807) is 24.4 Å². The largest absolute Gasteiger partial charge is 0.488 e. The van der Waals surface area contributed by atoms with Crippen molar-refractivity contribution in [3.63, 3.8) is 0 Å². The Morgan fingerprint density at radius 2 is 1.74 bits per heavy atom. The molecule has 1 aromatic heterocycles. The maximum atomic E-state index is 11.8. The molecule has 13 heteroatoms. The standard InChI is InChI=1S/C40H45ClN4O7S/c1-29-33(7-5-8-35(29)32-9-10-37-40(21-32)50-17-16-49-37)28-52-39-22-38(51-27-31-19-30(23-42)24-43-25-31)34(20-36(39)41)26-45(15-18-53(46,47)48)14-6-13-44-11-3-2-4-12-44/h5,7-10,19-22,24-25H,2-4,6,11-18,26-28H2,1H3,(H,46,47,48).